The molecular formula is C53H102O6. The molecule has 59 heavy (non-hydrogen) atoms. The van der Waals surface area contributed by atoms with Gasteiger partial charge in [0.05, 0.1) is 0 Å². The Labute approximate surface area is 368 Å². The van der Waals surface area contributed by atoms with Gasteiger partial charge in [-0.15, -0.1) is 0 Å². The van der Waals surface area contributed by atoms with Gasteiger partial charge in [-0.2, -0.15) is 0 Å². The molecule has 0 aromatic rings. The molecule has 0 N–H and O–H groups in total. The Kier molecular flexibility index (Phi) is 44.7. The standard InChI is InChI=1S/C53H102O6/c1-6-7-8-9-26-33-38-43-51(54)57-46-50(47-58-52(55)44-39-34-29-24-20-17-13-15-19-23-28-32-37-42-49(4)5)59-53(56)45-40-35-30-25-21-16-12-10-11-14-18-22-27-31-36-41-48(2)3/h48-50H,6-47H2,1-5H3/t50-/m0/s1. The lowest BCUT2D eigenvalue weighted by Gasteiger charge is -2.18. The van der Waals surface area contributed by atoms with Gasteiger partial charge in [-0.05, 0) is 31.1 Å². The normalized spacial score (nSPS) is 12.1. The minimum atomic E-state index is -0.760. The van der Waals surface area contributed by atoms with Gasteiger partial charge in [-0.25, -0.2) is 0 Å². The van der Waals surface area contributed by atoms with E-state index in [1.807, 2.05) is 0 Å². The van der Waals surface area contributed by atoms with E-state index >= 15 is 0 Å². The lowest BCUT2D eigenvalue weighted by Crippen LogP contribution is -2.30. The first-order chi connectivity index (χ1) is 28.7. The van der Waals surface area contributed by atoms with Gasteiger partial charge in [0, 0.05) is 19.3 Å². The van der Waals surface area contributed by atoms with Gasteiger partial charge in [0.1, 0.15) is 13.2 Å². The van der Waals surface area contributed by atoms with Crippen molar-refractivity contribution < 1.29 is 28.6 Å². The molecule has 0 heterocycles. The van der Waals surface area contributed by atoms with E-state index in [-0.39, 0.29) is 31.1 Å². The third-order valence-electron chi connectivity index (χ3n) is 12.0. The highest BCUT2D eigenvalue weighted by Crippen LogP contribution is 2.17. The van der Waals surface area contributed by atoms with Crippen LogP contribution in [0.15, 0.2) is 0 Å². The van der Waals surface area contributed by atoms with Crippen LogP contribution in [-0.4, -0.2) is 37.2 Å². The van der Waals surface area contributed by atoms with Crippen LogP contribution in [-0.2, 0) is 28.6 Å². The molecule has 350 valence electrons. The van der Waals surface area contributed by atoms with Crippen LogP contribution in [0.1, 0.15) is 291 Å². The molecule has 0 spiro atoms. The van der Waals surface area contributed by atoms with Crippen molar-refractivity contribution in [3.8, 4) is 0 Å². The molecule has 0 aromatic heterocycles. The quantitative estimate of drug-likeness (QED) is 0.0345. The minimum absolute atomic E-state index is 0.0638. The zero-order chi connectivity index (χ0) is 43.3. The van der Waals surface area contributed by atoms with Crippen molar-refractivity contribution in [2.24, 2.45) is 11.8 Å². The van der Waals surface area contributed by atoms with Crippen molar-refractivity contribution in [2.75, 3.05) is 13.2 Å². The van der Waals surface area contributed by atoms with Gasteiger partial charge < -0.3 is 14.2 Å². The molecule has 6 nitrogen and oxygen atoms in total. The van der Waals surface area contributed by atoms with Crippen molar-refractivity contribution in [1.82, 2.24) is 0 Å². The average Bonchev–Trinajstić information content (AvgIpc) is 3.20. The van der Waals surface area contributed by atoms with E-state index in [9.17, 15) is 14.4 Å². The summed E-state index contributed by atoms with van der Waals surface area (Å²) >= 11 is 0. The topological polar surface area (TPSA) is 78.9 Å². The van der Waals surface area contributed by atoms with Crippen LogP contribution in [0.3, 0.4) is 0 Å². The summed E-state index contributed by atoms with van der Waals surface area (Å²) in [6.45, 7) is 11.4. The molecule has 1 atom stereocenters. The molecule has 0 aliphatic rings. The highest BCUT2D eigenvalue weighted by atomic mass is 16.6. The van der Waals surface area contributed by atoms with E-state index in [1.54, 1.807) is 0 Å². The Morgan fingerprint density at radius 1 is 0.322 bits per heavy atom. The molecule has 0 saturated carbocycles. The average molecular weight is 835 g/mol. The predicted molar refractivity (Wildman–Crippen MR) is 252 cm³/mol. The summed E-state index contributed by atoms with van der Waals surface area (Å²) < 4.78 is 16.8. The first kappa shape index (κ1) is 57.4. The summed E-state index contributed by atoms with van der Waals surface area (Å²) in [5, 5.41) is 0. The Morgan fingerprint density at radius 3 is 0.831 bits per heavy atom. The molecule has 0 aliphatic carbocycles. The molecule has 0 aliphatic heterocycles. The number of carbonyl (C=O) groups is 3. The molecule has 0 unspecified atom stereocenters. The zero-order valence-corrected chi connectivity index (χ0v) is 40.4. The SMILES string of the molecule is CCCCCCCCCC(=O)OC[C@@H](COC(=O)CCCCCCCCCCCCCCCC(C)C)OC(=O)CCCCCCCCCCCCCCCCCC(C)C. The third-order valence-corrected chi connectivity index (χ3v) is 12.0. The van der Waals surface area contributed by atoms with Gasteiger partial charge in [0.2, 0.25) is 0 Å². The fourth-order valence-electron chi connectivity index (χ4n) is 7.99. The molecule has 0 aromatic carbocycles. The minimum Gasteiger partial charge on any atom is -0.462 e. The Balaban J connectivity index is 4.19. The van der Waals surface area contributed by atoms with Gasteiger partial charge >= 0.3 is 17.9 Å². The number of hydrogen-bond acceptors (Lipinski definition) is 6. The van der Waals surface area contributed by atoms with Crippen molar-refractivity contribution in [3.05, 3.63) is 0 Å². The van der Waals surface area contributed by atoms with Gasteiger partial charge in [-0.1, -0.05) is 253 Å². The lowest BCUT2D eigenvalue weighted by atomic mass is 10.0. The highest BCUT2D eigenvalue weighted by molar-refractivity contribution is 5.71. The van der Waals surface area contributed by atoms with Crippen LogP contribution in [0, 0.1) is 11.8 Å². The van der Waals surface area contributed by atoms with E-state index in [2.05, 4.69) is 34.6 Å². The number of carbonyl (C=O) groups excluding carboxylic acids is 3. The van der Waals surface area contributed by atoms with Gasteiger partial charge in [-0.3, -0.25) is 14.4 Å². The number of unbranched alkanes of at least 4 members (excludes halogenated alkanes) is 32. The van der Waals surface area contributed by atoms with E-state index < -0.39 is 6.10 Å². The summed E-state index contributed by atoms with van der Waals surface area (Å²) in [6, 6.07) is 0. The second-order valence-corrected chi connectivity index (χ2v) is 19.1. The second kappa shape index (κ2) is 45.9. The molecule has 0 radical (unpaired) electrons. The van der Waals surface area contributed by atoms with Crippen molar-refractivity contribution in [2.45, 2.75) is 298 Å². The summed E-state index contributed by atoms with van der Waals surface area (Å²) in [4.78, 5) is 37.8. The zero-order valence-electron chi connectivity index (χ0n) is 40.4. The number of hydrogen-bond donors (Lipinski definition) is 0. The fourth-order valence-corrected chi connectivity index (χ4v) is 7.99. The maximum absolute atomic E-state index is 12.8. The maximum Gasteiger partial charge on any atom is 0.306 e. The van der Waals surface area contributed by atoms with Crippen LogP contribution in [0.25, 0.3) is 0 Å². The molecule has 0 bridgehead atoms. The number of rotatable bonds is 47. The molecular weight excluding hydrogens is 733 g/mol. The van der Waals surface area contributed by atoms with Crippen molar-refractivity contribution in [1.29, 1.82) is 0 Å². The van der Waals surface area contributed by atoms with Crippen LogP contribution >= 0.6 is 0 Å². The van der Waals surface area contributed by atoms with E-state index in [4.69, 9.17) is 14.2 Å². The molecule has 0 rings (SSSR count). The monoisotopic (exact) mass is 835 g/mol. The summed E-state index contributed by atoms with van der Waals surface area (Å²) in [5.74, 6) is 0.835. The highest BCUT2D eigenvalue weighted by Gasteiger charge is 2.19. The predicted octanol–water partition coefficient (Wildman–Crippen LogP) is 16.9. The number of ether oxygens (including phenoxy) is 3. The molecule has 0 amide bonds. The van der Waals surface area contributed by atoms with Gasteiger partial charge in [0.15, 0.2) is 6.10 Å². The van der Waals surface area contributed by atoms with E-state index in [0.29, 0.717) is 19.3 Å². The van der Waals surface area contributed by atoms with Crippen LogP contribution in [0.4, 0.5) is 0 Å². The Hall–Kier alpha value is -1.59. The lowest BCUT2D eigenvalue weighted by molar-refractivity contribution is -0.167. The Morgan fingerprint density at radius 2 is 0.559 bits per heavy atom. The van der Waals surface area contributed by atoms with Crippen LogP contribution in [0.2, 0.25) is 0 Å². The van der Waals surface area contributed by atoms with Crippen molar-refractivity contribution in [3.63, 3.8) is 0 Å². The fraction of sp³-hybridized carbons (Fsp3) is 0.943. The van der Waals surface area contributed by atoms with Crippen molar-refractivity contribution >= 4 is 17.9 Å². The first-order valence-corrected chi connectivity index (χ1v) is 26.2. The summed E-state index contributed by atoms with van der Waals surface area (Å²) in [7, 11) is 0. The first-order valence-electron chi connectivity index (χ1n) is 26.2. The maximum atomic E-state index is 12.8. The Bertz CT molecular complexity index is 900. The summed E-state index contributed by atoms with van der Waals surface area (Å²) in [5.41, 5.74) is 0. The third kappa shape index (κ3) is 47.3. The summed E-state index contributed by atoms with van der Waals surface area (Å²) in [6.07, 6.45) is 46.7. The number of esters is 3. The molecule has 0 saturated heterocycles. The van der Waals surface area contributed by atoms with Gasteiger partial charge in [0.25, 0.3) is 0 Å². The van der Waals surface area contributed by atoms with E-state index in [1.165, 1.54) is 180 Å². The molecule has 6 heteroatoms. The molecule has 0 fully saturated rings. The smallest absolute Gasteiger partial charge is 0.306 e. The second-order valence-electron chi connectivity index (χ2n) is 19.1. The van der Waals surface area contributed by atoms with E-state index in [0.717, 1.165) is 69.6 Å². The largest absolute Gasteiger partial charge is 0.462 e. The van der Waals surface area contributed by atoms with Crippen LogP contribution in [0.5, 0.6) is 0 Å². The van der Waals surface area contributed by atoms with Crippen LogP contribution < -0.4 is 0 Å².